The first-order valence-electron chi connectivity index (χ1n) is 11.3. The molecule has 1 aromatic carbocycles. The predicted octanol–water partition coefficient (Wildman–Crippen LogP) is 2.68. The van der Waals surface area contributed by atoms with Crippen molar-refractivity contribution in [1.29, 1.82) is 5.26 Å². The van der Waals surface area contributed by atoms with Crippen molar-refractivity contribution in [3.8, 4) is 11.9 Å². The standard InChI is InChI=1S/C25H26FN5O4S/c1-24(2,13-32)36-25(6-7-25)14-35-22-20-17(12-29-30-22)9-18(23(34)31(20)3)21(33)28-11-15-4-5-16(10-27)19(26)8-15/h4-5,8-9,12,32H,6-7,11,13-14H2,1-3H3,(H,28,33). The van der Waals surface area contributed by atoms with Gasteiger partial charge in [0.25, 0.3) is 17.3 Å². The number of carbonyl (C=O) groups excluding carboxylic acids is 1. The summed E-state index contributed by atoms with van der Waals surface area (Å²) in [5, 5.41) is 29.6. The minimum Gasteiger partial charge on any atom is -0.474 e. The maximum absolute atomic E-state index is 13.8. The summed E-state index contributed by atoms with van der Waals surface area (Å²) in [5.74, 6) is -1.11. The Morgan fingerprint density at radius 3 is 2.78 bits per heavy atom. The van der Waals surface area contributed by atoms with Crippen LogP contribution in [0.15, 0.2) is 35.3 Å². The van der Waals surface area contributed by atoms with Crippen LogP contribution in [0.25, 0.3) is 10.9 Å². The molecule has 2 N–H and O–H groups in total. The van der Waals surface area contributed by atoms with Gasteiger partial charge in [-0.15, -0.1) is 16.9 Å². The molecule has 11 heteroatoms. The van der Waals surface area contributed by atoms with E-state index in [2.05, 4.69) is 15.5 Å². The molecule has 1 amide bonds. The average Bonchev–Trinajstić information content (AvgIpc) is 3.62. The Bertz CT molecular complexity index is 1430. The SMILES string of the molecule is Cn1c(=O)c(C(=O)NCc2ccc(C#N)c(F)c2)cc2cnnc(OCC3(SC(C)(C)CO)CC3)c21. The first kappa shape index (κ1) is 25.6. The molecular formula is C25H26FN5O4S. The van der Waals surface area contributed by atoms with E-state index in [4.69, 9.17) is 10.00 Å². The van der Waals surface area contributed by atoms with E-state index in [0.29, 0.717) is 23.1 Å². The molecule has 1 fully saturated rings. The summed E-state index contributed by atoms with van der Waals surface area (Å²) in [5.41, 5.74) is 0.145. The summed E-state index contributed by atoms with van der Waals surface area (Å²) < 4.78 is 20.7. The second-order valence-electron chi connectivity index (χ2n) is 9.48. The number of carbonyl (C=O) groups is 1. The van der Waals surface area contributed by atoms with Gasteiger partial charge in [-0.1, -0.05) is 6.07 Å². The zero-order valence-electron chi connectivity index (χ0n) is 20.2. The van der Waals surface area contributed by atoms with Gasteiger partial charge < -0.3 is 19.7 Å². The third-order valence-corrected chi connectivity index (χ3v) is 7.64. The van der Waals surface area contributed by atoms with Crippen LogP contribution in [0.4, 0.5) is 4.39 Å². The van der Waals surface area contributed by atoms with Gasteiger partial charge in [-0.25, -0.2) is 4.39 Å². The number of nitrogens with one attached hydrogen (secondary N) is 1. The summed E-state index contributed by atoms with van der Waals surface area (Å²) in [7, 11) is 1.53. The lowest BCUT2D eigenvalue weighted by molar-refractivity contribution is 0.0949. The predicted molar refractivity (Wildman–Crippen MR) is 133 cm³/mol. The lowest BCUT2D eigenvalue weighted by Crippen LogP contribution is -2.32. The van der Waals surface area contributed by atoms with E-state index in [-0.39, 0.29) is 39.7 Å². The second kappa shape index (κ2) is 9.87. The fraction of sp³-hybridized carbons (Fsp3) is 0.400. The Labute approximate surface area is 211 Å². The number of fused-ring (bicyclic) bond motifs is 1. The molecule has 9 nitrogen and oxygen atoms in total. The maximum atomic E-state index is 13.8. The molecule has 2 heterocycles. The van der Waals surface area contributed by atoms with Gasteiger partial charge >= 0.3 is 0 Å². The van der Waals surface area contributed by atoms with Crippen LogP contribution < -0.4 is 15.6 Å². The van der Waals surface area contributed by atoms with Gasteiger partial charge in [0.2, 0.25) is 0 Å². The van der Waals surface area contributed by atoms with Gasteiger partial charge in [-0.3, -0.25) is 9.59 Å². The zero-order chi connectivity index (χ0) is 26.1. The number of aliphatic hydroxyl groups is 1. The number of aliphatic hydroxyl groups excluding tert-OH is 1. The van der Waals surface area contributed by atoms with Gasteiger partial charge in [0.05, 0.1) is 23.1 Å². The number of nitriles is 1. The largest absolute Gasteiger partial charge is 0.474 e. The van der Waals surface area contributed by atoms with Gasteiger partial charge in [-0.2, -0.15) is 10.4 Å². The van der Waals surface area contributed by atoms with Crippen molar-refractivity contribution < 1.29 is 19.0 Å². The Balaban J connectivity index is 1.53. The smallest absolute Gasteiger partial charge is 0.263 e. The Kier molecular flexibility index (Phi) is 7.02. The van der Waals surface area contributed by atoms with E-state index < -0.39 is 17.3 Å². The van der Waals surface area contributed by atoms with E-state index in [1.807, 2.05) is 13.8 Å². The molecular weight excluding hydrogens is 485 g/mol. The normalized spacial score (nSPS) is 14.3. The number of pyridine rings is 1. The number of amides is 1. The van der Waals surface area contributed by atoms with Crippen molar-refractivity contribution in [2.75, 3.05) is 13.2 Å². The van der Waals surface area contributed by atoms with Gasteiger partial charge in [0.1, 0.15) is 29.6 Å². The minimum atomic E-state index is -0.678. The van der Waals surface area contributed by atoms with E-state index in [1.54, 1.807) is 17.8 Å². The summed E-state index contributed by atoms with van der Waals surface area (Å²) >= 11 is 1.68. The molecule has 0 aliphatic heterocycles. The first-order chi connectivity index (χ1) is 17.1. The quantitative estimate of drug-likeness (QED) is 0.449. The molecule has 1 saturated carbocycles. The molecule has 0 atom stereocenters. The fourth-order valence-corrected chi connectivity index (χ4v) is 5.51. The van der Waals surface area contributed by atoms with Crippen LogP contribution >= 0.6 is 11.8 Å². The van der Waals surface area contributed by atoms with Crippen LogP contribution in [0.2, 0.25) is 0 Å². The molecule has 4 rings (SSSR count). The number of ether oxygens (including phenoxy) is 1. The lowest BCUT2D eigenvalue weighted by atomic mass is 10.1. The number of hydrogen-bond acceptors (Lipinski definition) is 8. The van der Waals surface area contributed by atoms with E-state index in [0.717, 1.165) is 12.8 Å². The third-order valence-electron chi connectivity index (χ3n) is 6.00. The highest BCUT2D eigenvalue weighted by atomic mass is 32.2. The van der Waals surface area contributed by atoms with Crippen LogP contribution in [0.5, 0.6) is 5.88 Å². The first-order valence-corrected chi connectivity index (χ1v) is 12.2. The van der Waals surface area contributed by atoms with Crippen molar-refractivity contribution >= 4 is 28.6 Å². The third kappa shape index (κ3) is 5.34. The van der Waals surface area contributed by atoms with Crippen molar-refractivity contribution in [3.63, 3.8) is 0 Å². The average molecular weight is 512 g/mol. The molecule has 2 aromatic heterocycles. The molecule has 0 spiro atoms. The van der Waals surface area contributed by atoms with Gasteiger partial charge in [0, 0.05) is 23.7 Å². The molecule has 36 heavy (non-hydrogen) atoms. The Morgan fingerprint density at radius 1 is 1.39 bits per heavy atom. The maximum Gasteiger partial charge on any atom is 0.263 e. The minimum absolute atomic E-state index is 0.0183. The van der Waals surface area contributed by atoms with Crippen LogP contribution in [0.3, 0.4) is 0 Å². The number of aromatic nitrogens is 3. The second-order valence-corrected chi connectivity index (χ2v) is 11.7. The molecule has 0 unspecified atom stereocenters. The molecule has 3 aromatic rings. The highest BCUT2D eigenvalue weighted by Gasteiger charge is 2.48. The number of thioether (sulfide) groups is 1. The van der Waals surface area contributed by atoms with Crippen molar-refractivity contribution in [2.45, 2.75) is 42.7 Å². The number of halogens is 1. The van der Waals surface area contributed by atoms with Gasteiger partial charge in [-0.05, 0) is 50.5 Å². The van der Waals surface area contributed by atoms with Crippen molar-refractivity contribution in [2.24, 2.45) is 7.05 Å². The van der Waals surface area contributed by atoms with E-state index >= 15 is 0 Å². The highest BCUT2D eigenvalue weighted by Crippen LogP contribution is 2.53. The molecule has 1 aliphatic carbocycles. The van der Waals surface area contributed by atoms with Crippen LogP contribution in [-0.4, -0.2) is 48.5 Å². The number of hydrogen-bond donors (Lipinski definition) is 2. The van der Waals surface area contributed by atoms with Gasteiger partial charge in [0.15, 0.2) is 0 Å². The molecule has 0 bridgehead atoms. The molecule has 0 saturated heterocycles. The summed E-state index contributed by atoms with van der Waals surface area (Å²) in [6.07, 6.45) is 3.35. The summed E-state index contributed by atoms with van der Waals surface area (Å²) in [6, 6.07) is 7.22. The van der Waals surface area contributed by atoms with Crippen molar-refractivity contribution in [3.05, 3.63) is 63.3 Å². The summed E-state index contributed by atoms with van der Waals surface area (Å²) in [4.78, 5) is 25.8. The lowest BCUT2D eigenvalue weighted by Gasteiger charge is -2.27. The molecule has 188 valence electrons. The highest BCUT2D eigenvalue weighted by molar-refractivity contribution is 8.02. The number of nitrogens with zero attached hydrogens (tertiary/aromatic N) is 4. The zero-order valence-corrected chi connectivity index (χ0v) is 21.0. The van der Waals surface area contributed by atoms with E-state index in [1.165, 1.54) is 42.1 Å². The summed E-state index contributed by atoms with van der Waals surface area (Å²) in [6.45, 7) is 4.34. The van der Waals surface area contributed by atoms with E-state index in [9.17, 15) is 19.1 Å². The van der Waals surface area contributed by atoms with Crippen LogP contribution in [0, 0.1) is 17.1 Å². The Morgan fingerprint density at radius 2 is 2.14 bits per heavy atom. The Hall–Kier alpha value is -3.49. The fourth-order valence-electron chi connectivity index (χ4n) is 3.85. The monoisotopic (exact) mass is 511 g/mol. The number of aryl methyl sites for hydroxylation is 1. The topological polar surface area (TPSA) is 130 Å². The van der Waals surface area contributed by atoms with Crippen molar-refractivity contribution in [1.82, 2.24) is 20.1 Å². The number of rotatable bonds is 9. The van der Waals surface area contributed by atoms with Crippen LogP contribution in [-0.2, 0) is 13.6 Å². The van der Waals surface area contributed by atoms with Crippen LogP contribution in [0.1, 0.15) is 48.2 Å². The molecule has 0 radical (unpaired) electrons. The number of benzene rings is 1. The molecule has 1 aliphatic rings.